The van der Waals surface area contributed by atoms with Gasteiger partial charge < -0.3 is 19.7 Å². The molecular weight excluding hydrogens is 482 g/mol. The van der Waals surface area contributed by atoms with Crippen molar-refractivity contribution in [1.29, 1.82) is 0 Å². The Morgan fingerprint density at radius 3 is 2.42 bits per heavy atom. The summed E-state index contributed by atoms with van der Waals surface area (Å²) in [4.78, 5) is 42.0. The van der Waals surface area contributed by atoms with Crippen LogP contribution in [0.25, 0.3) is 0 Å². The number of anilines is 1. The second-order valence-electron chi connectivity index (χ2n) is 9.62. The Bertz CT molecular complexity index is 1060. The first-order chi connectivity index (χ1) is 18.5. The van der Waals surface area contributed by atoms with Crippen LogP contribution in [0.3, 0.4) is 0 Å². The van der Waals surface area contributed by atoms with Crippen molar-refractivity contribution >= 4 is 23.5 Å². The van der Waals surface area contributed by atoms with Crippen molar-refractivity contribution in [3.05, 3.63) is 59.7 Å². The Balaban J connectivity index is 1.79. The Hall–Kier alpha value is -3.39. The minimum absolute atomic E-state index is 0.0410. The van der Waals surface area contributed by atoms with Gasteiger partial charge in [0.2, 0.25) is 11.8 Å². The number of amides is 2. The number of methoxy groups -OCH3 is 1. The van der Waals surface area contributed by atoms with Crippen LogP contribution in [0.5, 0.6) is 5.75 Å². The molecule has 206 valence electrons. The number of esters is 1. The number of nitrogens with one attached hydrogen (secondary N) is 1. The van der Waals surface area contributed by atoms with E-state index in [1.807, 2.05) is 53.4 Å². The first kappa shape index (κ1) is 29.2. The largest absolute Gasteiger partial charge is 0.497 e. The molecular formula is C30H41N3O5. The second-order valence-corrected chi connectivity index (χ2v) is 9.62. The molecule has 0 aliphatic carbocycles. The van der Waals surface area contributed by atoms with Crippen LogP contribution < -0.4 is 15.0 Å². The summed E-state index contributed by atoms with van der Waals surface area (Å²) >= 11 is 0. The van der Waals surface area contributed by atoms with Crippen molar-refractivity contribution in [1.82, 2.24) is 10.2 Å². The predicted octanol–water partition coefficient (Wildman–Crippen LogP) is 4.11. The monoisotopic (exact) mass is 523 g/mol. The zero-order chi connectivity index (χ0) is 27.2. The Kier molecular flexibility index (Phi) is 12.1. The number of carbonyl (C=O) groups excluding carboxylic acids is 3. The quantitative estimate of drug-likeness (QED) is 0.524. The normalized spacial score (nSPS) is 15.3. The smallest absolute Gasteiger partial charge is 0.325 e. The summed E-state index contributed by atoms with van der Waals surface area (Å²) in [7, 11) is 1.62. The second kappa shape index (κ2) is 15.8. The lowest BCUT2D eigenvalue weighted by molar-refractivity contribution is -0.143. The Labute approximate surface area is 226 Å². The summed E-state index contributed by atoms with van der Waals surface area (Å²) in [5, 5.41) is 2.67. The molecule has 1 N–H and O–H groups in total. The zero-order valence-electron chi connectivity index (χ0n) is 22.7. The van der Waals surface area contributed by atoms with Crippen molar-refractivity contribution in [3.8, 4) is 5.75 Å². The third-order valence-electron chi connectivity index (χ3n) is 6.68. The zero-order valence-corrected chi connectivity index (χ0v) is 22.7. The maximum absolute atomic E-state index is 13.6. The molecule has 8 nitrogen and oxygen atoms in total. The highest BCUT2D eigenvalue weighted by Gasteiger charge is 2.21. The van der Waals surface area contributed by atoms with E-state index in [2.05, 4.69) is 10.2 Å². The van der Waals surface area contributed by atoms with Gasteiger partial charge in [-0.1, -0.05) is 56.0 Å². The maximum atomic E-state index is 13.6. The number of ether oxygens (including phenoxy) is 2. The summed E-state index contributed by atoms with van der Waals surface area (Å²) in [6.45, 7) is 4.01. The first-order valence-corrected chi connectivity index (χ1v) is 13.7. The lowest BCUT2D eigenvalue weighted by atomic mass is 10.1. The van der Waals surface area contributed by atoms with Gasteiger partial charge in [-0.25, -0.2) is 0 Å². The van der Waals surface area contributed by atoms with E-state index in [0.717, 1.165) is 67.6 Å². The van der Waals surface area contributed by atoms with Gasteiger partial charge in [0.25, 0.3) is 0 Å². The van der Waals surface area contributed by atoms with Gasteiger partial charge in [0.05, 0.1) is 26.7 Å². The van der Waals surface area contributed by atoms with Crippen LogP contribution in [0.4, 0.5) is 5.69 Å². The van der Waals surface area contributed by atoms with E-state index in [0.29, 0.717) is 13.1 Å². The molecule has 2 aromatic carbocycles. The summed E-state index contributed by atoms with van der Waals surface area (Å²) in [6.07, 6.45) is 6.65. The van der Waals surface area contributed by atoms with Gasteiger partial charge in [-0.3, -0.25) is 19.3 Å². The van der Waals surface area contributed by atoms with Crippen molar-refractivity contribution in [3.63, 3.8) is 0 Å². The van der Waals surface area contributed by atoms with Crippen LogP contribution in [-0.2, 0) is 32.1 Å². The third-order valence-corrected chi connectivity index (χ3v) is 6.68. The van der Waals surface area contributed by atoms with Gasteiger partial charge in [-0.05, 0) is 55.6 Å². The number of hydrogen-bond donors (Lipinski definition) is 1. The standard InChI is InChI=1S/C30H41N3O5/c1-3-38-30(36)21-31-28(34)23-32-17-10-6-4-5-7-11-18-33(27-16-9-8-14-25(27)22-32)29(35)20-24-13-12-15-26(19-24)37-2/h8-9,12-16,19H,3-7,10-11,17-18,20-23H2,1-2H3,(H,31,34). The minimum atomic E-state index is -0.443. The van der Waals surface area contributed by atoms with E-state index in [4.69, 9.17) is 9.47 Å². The molecule has 0 atom stereocenters. The van der Waals surface area contributed by atoms with E-state index in [1.54, 1.807) is 14.0 Å². The fourth-order valence-electron chi connectivity index (χ4n) is 4.75. The summed E-state index contributed by atoms with van der Waals surface area (Å²) in [5.41, 5.74) is 2.80. The first-order valence-electron chi connectivity index (χ1n) is 13.7. The number of para-hydroxylation sites is 1. The highest BCUT2D eigenvalue weighted by Crippen LogP contribution is 2.25. The van der Waals surface area contributed by atoms with E-state index in [1.165, 1.54) is 0 Å². The van der Waals surface area contributed by atoms with Gasteiger partial charge in [0.1, 0.15) is 12.3 Å². The summed E-state index contributed by atoms with van der Waals surface area (Å²) < 4.78 is 10.3. The fourth-order valence-corrected chi connectivity index (χ4v) is 4.75. The van der Waals surface area contributed by atoms with Gasteiger partial charge in [-0.2, -0.15) is 0 Å². The number of rotatable bonds is 8. The molecule has 0 radical (unpaired) electrons. The highest BCUT2D eigenvalue weighted by molar-refractivity contribution is 5.95. The molecule has 8 heteroatoms. The number of carbonyl (C=O) groups is 3. The molecule has 2 aromatic rings. The minimum Gasteiger partial charge on any atom is -0.497 e. The molecule has 1 aliphatic rings. The molecule has 1 aliphatic heterocycles. The van der Waals surface area contributed by atoms with Crippen molar-refractivity contribution in [2.45, 2.75) is 58.4 Å². The molecule has 1 heterocycles. The maximum Gasteiger partial charge on any atom is 0.325 e. The number of fused-ring (bicyclic) bond motifs is 1. The van der Waals surface area contributed by atoms with Gasteiger partial charge in [0.15, 0.2) is 0 Å². The molecule has 0 unspecified atom stereocenters. The lowest BCUT2D eigenvalue weighted by Gasteiger charge is -2.28. The van der Waals surface area contributed by atoms with E-state index in [-0.39, 0.29) is 37.9 Å². The lowest BCUT2D eigenvalue weighted by Crippen LogP contribution is -2.40. The number of hydrogen-bond acceptors (Lipinski definition) is 6. The molecule has 0 saturated heterocycles. The number of benzene rings is 2. The van der Waals surface area contributed by atoms with Crippen molar-refractivity contribution < 1.29 is 23.9 Å². The molecule has 2 amide bonds. The van der Waals surface area contributed by atoms with Crippen LogP contribution in [0.1, 0.15) is 56.6 Å². The summed E-state index contributed by atoms with van der Waals surface area (Å²) in [6, 6.07) is 15.6. The molecule has 0 fully saturated rings. The van der Waals surface area contributed by atoms with Crippen LogP contribution in [0.15, 0.2) is 48.5 Å². The Morgan fingerprint density at radius 1 is 0.921 bits per heavy atom. The molecule has 0 saturated carbocycles. The molecule has 38 heavy (non-hydrogen) atoms. The Morgan fingerprint density at radius 2 is 1.66 bits per heavy atom. The van der Waals surface area contributed by atoms with E-state index < -0.39 is 5.97 Å². The molecule has 0 aromatic heterocycles. The molecule has 0 spiro atoms. The van der Waals surface area contributed by atoms with Crippen LogP contribution in [0.2, 0.25) is 0 Å². The van der Waals surface area contributed by atoms with Crippen LogP contribution in [0, 0.1) is 0 Å². The van der Waals surface area contributed by atoms with E-state index in [9.17, 15) is 14.4 Å². The van der Waals surface area contributed by atoms with Crippen LogP contribution >= 0.6 is 0 Å². The van der Waals surface area contributed by atoms with Gasteiger partial charge in [0, 0.05) is 18.8 Å². The average Bonchev–Trinajstić information content (AvgIpc) is 2.93. The SMILES string of the molecule is CCOC(=O)CNC(=O)CN1CCCCCCCCN(C(=O)Cc2cccc(OC)c2)c2ccccc2C1. The fraction of sp³-hybridized carbons (Fsp3) is 0.500. The number of nitrogens with zero attached hydrogens (tertiary/aromatic N) is 2. The summed E-state index contributed by atoms with van der Waals surface area (Å²) in [5.74, 6) is 0.115. The van der Waals surface area contributed by atoms with E-state index >= 15 is 0 Å². The van der Waals surface area contributed by atoms with Gasteiger partial charge >= 0.3 is 5.97 Å². The van der Waals surface area contributed by atoms with Crippen molar-refractivity contribution in [2.75, 3.05) is 44.8 Å². The topological polar surface area (TPSA) is 88.2 Å². The molecule has 0 bridgehead atoms. The average molecular weight is 524 g/mol. The third kappa shape index (κ3) is 9.49. The van der Waals surface area contributed by atoms with Gasteiger partial charge in [-0.15, -0.1) is 0 Å². The van der Waals surface area contributed by atoms with Crippen LogP contribution in [-0.4, -0.2) is 62.6 Å². The predicted molar refractivity (Wildman–Crippen MR) is 148 cm³/mol. The molecule has 3 rings (SSSR count). The highest BCUT2D eigenvalue weighted by atomic mass is 16.5. The van der Waals surface area contributed by atoms with Crippen molar-refractivity contribution in [2.24, 2.45) is 0 Å².